The van der Waals surface area contributed by atoms with Gasteiger partial charge in [-0.05, 0) is 12.8 Å². The standard InChI is InChI=1S/C8H13FO3S/c9-13(11,12)6-8(10)7-4-2-1-3-5-7/h7H,1-6H2. The largest absolute Gasteiger partial charge is 0.309 e. The third kappa shape index (κ3) is 3.85. The molecule has 0 aliphatic heterocycles. The van der Waals surface area contributed by atoms with Crippen molar-refractivity contribution in [2.24, 2.45) is 5.92 Å². The third-order valence-corrected chi connectivity index (χ3v) is 3.00. The van der Waals surface area contributed by atoms with Gasteiger partial charge < -0.3 is 0 Å². The maximum atomic E-state index is 12.1. The van der Waals surface area contributed by atoms with Gasteiger partial charge in [-0.2, -0.15) is 8.42 Å². The molecule has 13 heavy (non-hydrogen) atoms. The molecule has 1 fully saturated rings. The number of carbonyl (C=O) groups excluding carboxylic acids is 1. The highest BCUT2D eigenvalue weighted by Gasteiger charge is 2.25. The first-order valence-corrected chi connectivity index (χ1v) is 5.99. The minimum atomic E-state index is -4.62. The number of ketones is 1. The normalized spacial score (nSPS) is 20.1. The summed E-state index contributed by atoms with van der Waals surface area (Å²) in [6.45, 7) is 0. The van der Waals surface area contributed by atoms with Crippen LogP contribution in [0.15, 0.2) is 0 Å². The predicted molar refractivity (Wildman–Crippen MR) is 46.5 cm³/mol. The van der Waals surface area contributed by atoms with Crippen molar-refractivity contribution in [1.29, 1.82) is 0 Å². The molecule has 0 N–H and O–H groups in total. The molecule has 1 aliphatic rings. The lowest BCUT2D eigenvalue weighted by atomic mass is 9.87. The summed E-state index contributed by atoms with van der Waals surface area (Å²) in [7, 11) is -4.62. The number of hydrogen-bond acceptors (Lipinski definition) is 3. The Kier molecular flexibility index (Phi) is 3.41. The van der Waals surface area contributed by atoms with Gasteiger partial charge in [0.15, 0.2) is 5.78 Å². The monoisotopic (exact) mass is 208 g/mol. The Balaban J connectivity index is 2.47. The summed E-state index contributed by atoms with van der Waals surface area (Å²) in [4.78, 5) is 11.2. The highest BCUT2D eigenvalue weighted by molar-refractivity contribution is 7.87. The number of carbonyl (C=O) groups is 1. The lowest BCUT2D eigenvalue weighted by molar-refractivity contribution is -0.121. The Bertz CT molecular complexity index is 278. The Morgan fingerprint density at radius 1 is 1.23 bits per heavy atom. The average molecular weight is 208 g/mol. The molecule has 1 aliphatic carbocycles. The van der Waals surface area contributed by atoms with Crippen LogP contribution in [-0.4, -0.2) is 20.0 Å². The van der Waals surface area contributed by atoms with Crippen LogP contribution < -0.4 is 0 Å². The van der Waals surface area contributed by atoms with Gasteiger partial charge >= 0.3 is 10.2 Å². The van der Waals surface area contributed by atoms with E-state index in [-0.39, 0.29) is 5.92 Å². The summed E-state index contributed by atoms with van der Waals surface area (Å²) in [5, 5.41) is 0. The number of rotatable bonds is 3. The van der Waals surface area contributed by atoms with E-state index < -0.39 is 21.8 Å². The maximum Gasteiger partial charge on any atom is 0.309 e. The minimum absolute atomic E-state index is 0.223. The van der Waals surface area contributed by atoms with Gasteiger partial charge in [0, 0.05) is 5.92 Å². The third-order valence-electron chi connectivity index (χ3n) is 2.38. The van der Waals surface area contributed by atoms with Crippen LogP contribution in [0.3, 0.4) is 0 Å². The molecule has 0 bridgehead atoms. The molecule has 76 valence electrons. The fourth-order valence-corrected chi connectivity index (χ4v) is 2.29. The topological polar surface area (TPSA) is 51.2 Å². The molecule has 0 unspecified atom stereocenters. The summed E-state index contributed by atoms with van der Waals surface area (Å²) in [6, 6.07) is 0. The number of Topliss-reactive ketones (excluding diaryl/α,β-unsaturated/α-hetero) is 1. The Morgan fingerprint density at radius 2 is 1.77 bits per heavy atom. The van der Waals surface area contributed by atoms with Gasteiger partial charge in [-0.25, -0.2) is 0 Å². The van der Waals surface area contributed by atoms with Crippen molar-refractivity contribution in [2.75, 3.05) is 5.75 Å². The quantitative estimate of drug-likeness (QED) is 0.659. The van der Waals surface area contributed by atoms with E-state index in [1.54, 1.807) is 0 Å². The molecule has 0 atom stereocenters. The molecular formula is C8H13FO3S. The summed E-state index contributed by atoms with van der Waals surface area (Å²) < 4.78 is 32.5. The summed E-state index contributed by atoms with van der Waals surface area (Å²) >= 11 is 0. The Hall–Kier alpha value is -0.450. The van der Waals surface area contributed by atoms with E-state index in [1.165, 1.54) is 0 Å². The van der Waals surface area contributed by atoms with Crippen LogP contribution in [0.2, 0.25) is 0 Å². The minimum Gasteiger partial charge on any atom is -0.298 e. The van der Waals surface area contributed by atoms with E-state index >= 15 is 0 Å². The first-order chi connectivity index (χ1) is 5.99. The fraction of sp³-hybridized carbons (Fsp3) is 0.875. The van der Waals surface area contributed by atoms with Crippen LogP contribution in [0.25, 0.3) is 0 Å². The van der Waals surface area contributed by atoms with Gasteiger partial charge in [-0.1, -0.05) is 19.3 Å². The van der Waals surface area contributed by atoms with E-state index in [2.05, 4.69) is 0 Å². The van der Waals surface area contributed by atoms with Crippen LogP contribution in [0.5, 0.6) is 0 Å². The molecule has 0 aromatic rings. The van der Waals surface area contributed by atoms with Crippen LogP contribution in [0, 0.1) is 5.92 Å². The van der Waals surface area contributed by atoms with Gasteiger partial charge in [-0.15, -0.1) is 3.89 Å². The van der Waals surface area contributed by atoms with Gasteiger partial charge in [0.05, 0.1) is 0 Å². The molecule has 5 heteroatoms. The number of hydrogen-bond donors (Lipinski definition) is 0. The van der Waals surface area contributed by atoms with E-state index in [9.17, 15) is 17.1 Å². The van der Waals surface area contributed by atoms with Crippen LogP contribution in [0.1, 0.15) is 32.1 Å². The SMILES string of the molecule is O=C(CS(=O)(=O)F)C1CCCCC1. The van der Waals surface area contributed by atoms with Crippen molar-refractivity contribution >= 4 is 16.0 Å². The van der Waals surface area contributed by atoms with E-state index in [1.807, 2.05) is 0 Å². The van der Waals surface area contributed by atoms with Crippen molar-refractivity contribution in [1.82, 2.24) is 0 Å². The van der Waals surface area contributed by atoms with Crippen molar-refractivity contribution in [2.45, 2.75) is 32.1 Å². The van der Waals surface area contributed by atoms with Crippen molar-refractivity contribution in [3.05, 3.63) is 0 Å². The second-order valence-corrected chi connectivity index (χ2v) is 4.85. The van der Waals surface area contributed by atoms with Gasteiger partial charge in [0.1, 0.15) is 5.75 Å². The van der Waals surface area contributed by atoms with Crippen molar-refractivity contribution < 1.29 is 17.1 Å². The molecule has 0 spiro atoms. The van der Waals surface area contributed by atoms with Crippen molar-refractivity contribution in [3.63, 3.8) is 0 Å². The molecule has 0 aromatic heterocycles. The summed E-state index contributed by atoms with van der Waals surface area (Å²) in [5.41, 5.74) is 0. The van der Waals surface area contributed by atoms with Crippen molar-refractivity contribution in [3.8, 4) is 0 Å². The molecule has 1 saturated carbocycles. The summed E-state index contributed by atoms with van der Waals surface area (Å²) in [6.07, 6.45) is 4.42. The van der Waals surface area contributed by atoms with E-state index in [4.69, 9.17) is 0 Å². The smallest absolute Gasteiger partial charge is 0.298 e. The molecule has 3 nitrogen and oxygen atoms in total. The zero-order valence-corrected chi connectivity index (χ0v) is 8.15. The zero-order chi connectivity index (χ0) is 9.90. The summed E-state index contributed by atoms with van der Waals surface area (Å²) in [5.74, 6) is -1.61. The van der Waals surface area contributed by atoms with Gasteiger partial charge in [-0.3, -0.25) is 4.79 Å². The lowest BCUT2D eigenvalue weighted by Crippen LogP contribution is -2.23. The Labute approximate surface area is 77.5 Å². The van der Waals surface area contributed by atoms with Gasteiger partial charge in [0.25, 0.3) is 0 Å². The average Bonchev–Trinajstić information content (AvgIpc) is 2.03. The Morgan fingerprint density at radius 3 is 2.23 bits per heavy atom. The van der Waals surface area contributed by atoms with Gasteiger partial charge in [0.2, 0.25) is 0 Å². The predicted octanol–water partition coefficient (Wildman–Crippen LogP) is 1.44. The maximum absolute atomic E-state index is 12.1. The second-order valence-electron chi connectivity index (χ2n) is 3.48. The first-order valence-electron chi connectivity index (χ1n) is 4.44. The number of halogens is 1. The van der Waals surface area contributed by atoms with Crippen LogP contribution >= 0.6 is 0 Å². The molecular weight excluding hydrogens is 195 g/mol. The zero-order valence-electron chi connectivity index (χ0n) is 7.33. The highest BCUT2D eigenvalue weighted by Crippen LogP contribution is 2.24. The molecule has 1 rings (SSSR count). The van der Waals surface area contributed by atoms with Crippen LogP contribution in [0.4, 0.5) is 3.89 Å². The molecule has 0 aromatic carbocycles. The lowest BCUT2D eigenvalue weighted by Gasteiger charge is -2.19. The molecule has 0 heterocycles. The van der Waals surface area contributed by atoms with E-state index in [0.717, 1.165) is 19.3 Å². The highest BCUT2D eigenvalue weighted by atomic mass is 32.3. The molecule has 0 radical (unpaired) electrons. The fourth-order valence-electron chi connectivity index (χ4n) is 1.71. The van der Waals surface area contributed by atoms with E-state index in [0.29, 0.717) is 12.8 Å². The molecule has 0 saturated heterocycles. The second kappa shape index (κ2) is 4.17. The molecule has 0 amide bonds. The first kappa shape index (κ1) is 10.6. The van der Waals surface area contributed by atoms with Crippen LogP contribution in [-0.2, 0) is 15.0 Å².